The molecule has 2 saturated carbocycles. The molecule has 2 aliphatic carbocycles. The van der Waals surface area contributed by atoms with Crippen molar-refractivity contribution in [1.82, 2.24) is 0 Å². The van der Waals surface area contributed by atoms with Gasteiger partial charge in [0.25, 0.3) is 0 Å². The fraction of sp³-hybridized carbons (Fsp3) is 1.00. The zero-order chi connectivity index (χ0) is 13.9. The first-order valence-corrected chi connectivity index (χ1v) is 11.1. The fourth-order valence-corrected chi connectivity index (χ4v) is 10.00. The van der Waals surface area contributed by atoms with Crippen molar-refractivity contribution in [3.8, 4) is 0 Å². The second-order valence-electron chi connectivity index (χ2n) is 8.09. The van der Waals surface area contributed by atoms with Crippen LogP contribution in [-0.2, 0) is 4.12 Å². The van der Waals surface area contributed by atoms with Crippen molar-refractivity contribution in [2.75, 3.05) is 0 Å². The summed E-state index contributed by atoms with van der Waals surface area (Å²) in [4.78, 5) is 0. The third-order valence-corrected chi connectivity index (χ3v) is 11.6. The second kappa shape index (κ2) is 6.44. The monoisotopic (exact) mass is 298 g/mol. The van der Waals surface area contributed by atoms with Gasteiger partial charge in [-0.15, -0.1) is 0 Å². The lowest BCUT2D eigenvalue weighted by Gasteiger charge is -2.42. The number of hydrogen-bond acceptors (Lipinski definition) is 1. The van der Waals surface area contributed by atoms with Crippen molar-refractivity contribution in [3.63, 3.8) is 0 Å². The molecular weight excluding hydrogens is 264 g/mol. The fourth-order valence-electron chi connectivity index (χ4n) is 4.09. The van der Waals surface area contributed by atoms with Gasteiger partial charge in [-0.1, -0.05) is 66.2 Å². The van der Waals surface area contributed by atoms with Crippen molar-refractivity contribution < 1.29 is 4.12 Å². The third kappa shape index (κ3) is 3.73. The lowest BCUT2D eigenvalue weighted by Crippen LogP contribution is -2.35. The minimum Gasteiger partial charge on any atom is -0.464 e. The zero-order valence-electron chi connectivity index (χ0n) is 13.6. The Bertz CT molecular complexity index is 268. The molecule has 112 valence electrons. The van der Waals surface area contributed by atoms with Crippen LogP contribution < -0.4 is 0 Å². The molecule has 0 aromatic heterocycles. The van der Waals surface area contributed by atoms with E-state index >= 15 is 0 Å². The van der Waals surface area contributed by atoms with Crippen LogP contribution in [0, 0.1) is 11.8 Å². The Hall–Kier alpha value is 0.394. The van der Waals surface area contributed by atoms with E-state index in [2.05, 4.69) is 27.7 Å². The number of rotatable bonds is 4. The summed E-state index contributed by atoms with van der Waals surface area (Å²) in [6.45, 7) is 10.0. The molecule has 0 spiro atoms. The predicted octanol–water partition coefficient (Wildman–Crippen LogP) is 3.95. The average Bonchev–Trinajstić information content (AvgIpc) is 2.37. The van der Waals surface area contributed by atoms with Crippen molar-refractivity contribution in [1.29, 1.82) is 0 Å². The van der Waals surface area contributed by atoms with Crippen LogP contribution in [0.3, 0.4) is 0 Å². The Morgan fingerprint density at radius 2 is 1.21 bits per heavy atom. The molecule has 4 atom stereocenters. The lowest BCUT2D eigenvalue weighted by molar-refractivity contribution is 0.261. The van der Waals surface area contributed by atoms with Gasteiger partial charge in [-0.3, -0.25) is 0 Å². The summed E-state index contributed by atoms with van der Waals surface area (Å²) < 4.78 is 6.54. The van der Waals surface area contributed by atoms with Gasteiger partial charge < -0.3 is 4.12 Å². The van der Waals surface area contributed by atoms with E-state index in [0.717, 1.165) is 11.8 Å². The van der Waals surface area contributed by atoms with E-state index in [1.54, 1.807) is 0 Å². The molecule has 2 fully saturated rings. The first-order valence-electron chi connectivity index (χ1n) is 8.54. The van der Waals surface area contributed by atoms with E-state index < -0.39 is 0 Å². The van der Waals surface area contributed by atoms with Gasteiger partial charge in [0.2, 0.25) is 0 Å². The largest absolute Gasteiger partial charge is 0.464 e. The van der Waals surface area contributed by atoms with Gasteiger partial charge in [0.1, 0.15) is 0 Å². The molecule has 0 bridgehead atoms. The molecule has 0 amide bonds. The molecule has 0 aromatic rings. The van der Waals surface area contributed by atoms with E-state index in [1.165, 1.54) is 51.4 Å². The smallest absolute Gasteiger partial charge is 0.152 e. The molecule has 19 heavy (non-hydrogen) atoms. The molecule has 4 unspecified atom stereocenters. The van der Waals surface area contributed by atoms with Crippen LogP contribution in [0.5, 0.6) is 0 Å². The highest BCUT2D eigenvalue weighted by atomic mass is 28.3. The van der Waals surface area contributed by atoms with Gasteiger partial charge >= 0.3 is 0 Å². The van der Waals surface area contributed by atoms with Crippen molar-refractivity contribution >= 4 is 19.5 Å². The summed E-state index contributed by atoms with van der Waals surface area (Å²) in [6.07, 6.45) is 11.6. The normalized spacial score (nSPS) is 45.5. The number of hydrogen-bond donors (Lipinski definition) is 0. The summed E-state index contributed by atoms with van der Waals surface area (Å²) in [5.74, 6) is 1.83. The summed E-state index contributed by atoms with van der Waals surface area (Å²) in [5.41, 5.74) is 0. The highest BCUT2D eigenvalue weighted by molar-refractivity contribution is 6.47. The maximum atomic E-state index is 6.54. The van der Waals surface area contributed by atoms with Crippen LogP contribution in [0.2, 0.25) is 10.1 Å². The Kier molecular flexibility index (Phi) is 5.35. The van der Waals surface area contributed by atoms with Crippen LogP contribution in [0.1, 0.15) is 79.1 Å². The molecule has 2 rings (SSSR count). The van der Waals surface area contributed by atoms with Crippen molar-refractivity contribution in [3.05, 3.63) is 0 Å². The molecule has 3 heteroatoms. The predicted molar refractivity (Wildman–Crippen MR) is 90.2 cm³/mol. The standard InChI is InChI=1S/C16H34OSi2/c1-13-9-5-7-11-15(13,3)18-17-19-16(4)12-8-6-10-14(16)2/h13-14H,5-12,18-19H2,1-4H3. The minimum absolute atomic E-state index is 0.321. The molecule has 0 heterocycles. The molecule has 0 aromatic carbocycles. The highest BCUT2D eigenvalue weighted by Gasteiger charge is 2.37. The molecule has 0 N–H and O–H groups in total. The summed E-state index contributed by atoms with van der Waals surface area (Å²) in [6, 6.07) is 0. The Labute approximate surface area is 125 Å². The quantitative estimate of drug-likeness (QED) is 0.714. The van der Waals surface area contributed by atoms with E-state index in [0.29, 0.717) is 10.1 Å². The zero-order valence-corrected chi connectivity index (χ0v) is 16.5. The summed E-state index contributed by atoms with van der Waals surface area (Å²) in [5, 5.41) is 1.22. The van der Waals surface area contributed by atoms with E-state index in [9.17, 15) is 0 Å². The van der Waals surface area contributed by atoms with Crippen LogP contribution >= 0.6 is 0 Å². The van der Waals surface area contributed by atoms with Crippen LogP contribution in [0.4, 0.5) is 0 Å². The minimum atomic E-state index is -0.321. The van der Waals surface area contributed by atoms with Gasteiger partial charge in [0.05, 0.1) is 0 Å². The summed E-state index contributed by atoms with van der Waals surface area (Å²) in [7, 11) is -0.643. The second-order valence-corrected chi connectivity index (χ2v) is 13.5. The first kappa shape index (κ1) is 15.8. The van der Waals surface area contributed by atoms with E-state index in [4.69, 9.17) is 4.12 Å². The summed E-state index contributed by atoms with van der Waals surface area (Å²) >= 11 is 0. The SMILES string of the molecule is CC1CCCCC1(C)[SiH2]O[SiH2]C1(C)CCCCC1C. The van der Waals surface area contributed by atoms with Crippen LogP contribution in [0.25, 0.3) is 0 Å². The van der Waals surface area contributed by atoms with Gasteiger partial charge in [-0.2, -0.15) is 0 Å². The van der Waals surface area contributed by atoms with Gasteiger partial charge in [0.15, 0.2) is 19.5 Å². The van der Waals surface area contributed by atoms with Crippen molar-refractivity contribution in [2.45, 2.75) is 89.1 Å². The maximum absolute atomic E-state index is 6.54. The molecule has 0 radical (unpaired) electrons. The topological polar surface area (TPSA) is 9.23 Å². The van der Waals surface area contributed by atoms with Gasteiger partial charge in [-0.25, -0.2) is 0 Å². The maximum Gasteiger partial charge on any atom is 0.152 e. The van der Waals surface area contributed by atoms with Crippen LogP contribution in [0.15, 0.2) is 0 Å². The van der Waals surface area contributed by atoms with E-state index in [1.807, 2.05) is 0 Å². The average molecular weight is 299 g/mol. The third-order valence-electron chi connectivity index (χ3n) is 6.51. The van der Waals surface area contributed by atoms with E-state index in [-0.39, 0.29) is 19.5 Å². The van der Waals surface area contributed by atoms with Crippen LogP contribution in [-0.4, -0.2) is 19.5 Å². The lowest BCUT2D eigenvalue weighted by atomic mass is 9.81. The molecule has 1 nitrogen and oxygen atoms in total. The molecule has 0 saturated heterocycles. The Morgan fingerprint density at radius 3 is 1.58 bits per heavy atom. The molecule has 0 aliphatic heterocycles. The Morgan fingerprint density at radius 1 is 0.789 bits per heavy atom. The first-order chi connectivity index (χ1) is 8.96. The van der Waals surface area contributed by atoms with Crippen molar-refractivity contribution in [2.24, 2.45) is 11.8 Å². The van der Waals surface area contributed by atoms with Gasteiger partial charge in [0, 0.05) is 0 Å². The molecular formula is C16H34OSi2. The highest BCUT2D eigenvalue weighted by Crippen LogP contribution is 2.48. The van der Waals surface area contributed by atoms with Gasteiger partial charge in [-0.05, 0) is 34.8 Å². The Balaban J connectivity index is 1.82. The molecule has 2 aliphatic rings.